The minimum absolute atomic E-state index is 0.0360. The van der Waals surface area contributed by atoms with Crippen LogP contribution in [0.25, 0.3) is 0 Å². The maximum atomic E-state index is 12.4. The third-order valence-electron chi connectivity index (χ3n) is 4.68. The molecular formula is C20H24N2O3S. The first-order valence-electron chi connectivity index (χ1n) is 8.59. The van der Waals surface area contributed by atoms with E-state index < -0.39 is 0 Å². The smallest absolute Gasteiger partial charge is 0.261 e. The van der Waals surface area contributed by atoms with Gasteiger partial charge in [0, 0.05) is 19.6 Å². The number of nitrogens with one attached hydrogen (secondary N) is 1. The molecule has 0 fully saturated rings. The van der Waals surface area contributed by atoms with Gasteiger partial charge in [-0.25, -0.2) is 0 Å². The summed E-state index contributed by atoms with van der Waals surface area (Å²) >= 11 is 1.45. The number of carbonyl (C=O) groups is 1. The van der Waals surface area contributed by atoms with E-state index in [2.05, 4.69) is 16.8 Å². The summed E-state index contributed by atoms with van der Waals surface area (Å²) in [6.45, 7) is 6.09. The third-order valence-corrected chi connectivity index (χ3v) is 5.55. The molecule has 1 N–H and O–H groups in total. The van der Waals surface area contributed by atoms with Crippen LogP contribution in [0.4, 0.5) is 0 Å². The minimum atomic E-state index is -0.0360. The fourth-order valence-electron chi connectivity index (χ4n) is 3.39. The second-order valence-corrected chi connectivity index (χ2v) is 7.09. The topological polar surface area (TPSA) is 50.8 Å². The Morgan fingerprint density at radius 1 is 1.38 bits per heavy atom. The molecule has 6 heteroatoms. The molecule has 0 saturated heterocycles. The van der Waals surface area contributed by atoms with Crippen LogP contribution in [0.2, 0.25) is 0 Å². The van der Waals surface area contributed by atoms with Gasteiger partial charge in [0.05, 0.1) is 25.1 Å². The van der Waals surface area contributed by atoms with Crippen molar-refractivity contribution in [2.24, 2.45) is 0 Å². The predicted molar refractivity (Wildman–Crippen MR) is 104 cm³/mol. The Morgan fingerprint density at radius 3 is 2.81 bits per heavy atom. The van der Waals surface area contributed by atoms with E-state index in [1.54, 1.807) is 14.2 Å². The molecule has 0 unspecified atom stereocenters. The number of nitrogens with zero attached hydrogens (tertiary/aromatic N) is 1. The first-order valence-corrected chi connectivity index (χ1v) is 9.47. The predicted octanol–water partition coefficient (Wildman–Crippen LogP) is 3.28. The molecule has 5 nitrogen and oxygen atoms in total. The van der Waals surface area contributed by atoms with Gasteiger partial charge in [0.1, 0.15) is 0 Å². The molecule has 1 aliphatic rings. The molecule has 0 bridgehead atoms. The van der Waals surface area contributed by atoms with E-state index in [9.17, 15) is 4.79 Å². The van der Waals surface area contributed by atoms with Crippen LogP contribution in [-0.2, 0) is 6.42 Å². The molecule has 138 valence electrons. The summed E-state index contributed by atoms with van der Waals surface area (Å²) < 4.78 is 10.9. The highest BCUT2D eigenvalue weighted by molar-refractivity contribution is 7.12. The number of methoxy groups -OCH3 is 2. The summed E-state index contributed by atoms with van der Waals surface area (Å²) in [6, 6.07) is 7.88. The second kappa shape index (κ2) is 8.38. The fourth-order valence-corrected chi connectivity index (χ4v) is 4.03. The van der Waals surface area contributed by atoms with Crippen molar-refractivity contribution in [3.05, 3.63) is 58.3 Å². The molecule has 1 aliphatic heterocycles. The largest absolute Gasteiger partial charge is 0.493 e. The van der Waals surface area contributed by atoms with Gasteiger partial charge in [-0.3, -0.25) is 9.69 Å². The van der Waals surface area contributed by atoms with E-state index in [1.165, 1.54) is 22.5 Å². The van der Waals surface area contributed by atoms with Crippen LogP contribution in [0, 0.1) is 0 Å². The van der Waals surface area contributed by atoms with E-state index in [4.69, 9.17) is 9.47 Å². The Hall–Kier alpha value is -2.31. The zero-order valence-corrected chi connectivity index (χ0v) is 16.0. The van der Waals surface area contributed by atoms with E-state index >= 15 is 0 Å². The van der Waals surface area contributed by atoms with Crippen molar-refractivity contribution < 1.29 is 14.3 Å². The highest BCUT2D eigenvalue weighted by Crippen LogP contribution is 2.37. The van der Waals surface area contributed by atoms with Crippen LogP contribution in [0.5, 0.6) is 11.5 Å². The Balaban J connectivity index is 1.87. The van der Waals surface area contributed by atoms with Gasteiger partial charge in [-0.2, -0.15) is 0 Å². The highest BCUT2D eigenvalue weighted by atomic mass is 32.1. The van der Waals surface area contributed by atoms with E-state index in [1.807, 2.05) is 35.7 Å². The van der Waals surface area contributed by atoms with Crippen LogP contribution in [0.3, 0.4) is 0 Å². The molecule has 0 aliphatic carbocycles. The molecule has 2 aromatic rings. The molecule has 3 rings (SSSR count). The Kier molecular flexibility index (Phi) is 5.96. The van der Waals surface area contributed by atoms with Gasteiger partial charge in [0.15, 0.2) is 11.5 Å². The zero-order chi connectivity index (χ0) is 18.5. The molecule has 26 heavy (non-hydrogen) atoms. The minimum Gasteiger partial charge on any atom is -0.493 e. The van der Waals surface area contributed by atoms with Gasteiger partial charge >= 0.3 is 0 Å². The molecule has 0 spiro atoms. The van der Waals surface area contributed by atoms with Crippen LogP contribution in [0.15, 0.2) is 42.3 Å². The number of hydrogen-bond donors (Lipinski definition) is 1. The van der Waals surface area contributed by atoms with Gasteiger partial charge in [-0.1, -0.05) is 12.1 Å². The fraction of sp³-hybridized carbons (Fsp3) is 0.350. The highest BCUT2D eigenvalue weighted by Gasteiger charge is 2.29. The van der Waals surface area contributed by atoms with Crippen molar-refractivity contribution in [2.75, 3.05) is 33.9 Å². The SMILES string of the molecule is C=CCN1CCc2cc(OC)c(OC)cc2[C@@H]1CNC(=O)c1cccs1. The third kappa shape index (κ3) is 3.76. The number of hydrogen-bond acceptors (Lipinski definition) is 5. The van der Waals surface area contributed by atoms with Crippen LogP contribution in [-0.4, -0.2) is 44.7 Å². The monoisotopic (exact) mass is 372 g/mol. The quantitative estimate of drug-likeness (QED) is 0.758. The zero-order valence-electron chi connectivity index (χ0n) is 15.2. The van der Waals surface area contributed by atoms with Crippen molar-refractivity contribution in [2.45, 2.75) is 12.5 Å². The lowest BCUT2D eigenvalue weighted by Crippen LogP contribution is -2.42. The lowest BCUT2D eigenvalue weighted by molar-refractivity contribution is 0.0936. The maximum Gasteiger partial charge on any atom is 0.261 e. The van der Waals surface area contributed by atoms with Gasteiger partial charge < -0.3 is 14.8 Å². The average Bonchev–Trinajstić information content (AvgIpc) is 3.20. The summed E-state index contributed by atoms with van der Waals surface area (Å²) in [6.07, 6.45) is 2.83. The van der Waals surface area contributed by atoms with E-state index in [0.717, 1.165) is 30.1 Å². The van der Waals surface area contributed by atoms with Crippen LogP contribution < -0.4 is 14.8 Å². The number of ether oxygens (including phenoxy) is 2. The number of carbonyl (C=O) groups excluding carboxylic acids is 1. The first kappa shape index (κ1) is 18.5. The Labute approximate surface area is 158 Å². The standard InChI is InChI=1S/C20H24N2O3S/c1-4-8-22-9-7-14-11-17(24-2)18(25-3)12-15(14)16(22)13-21-20(23)19-6-5-10-26-19/h4-6,10-12,16H,1,7-9,13H2,2-3H3,(H,21,23)/t16-/m0/s1. The number of benzene rings is 1. The molecule has 0 radical (unpaired) electrons. The molecular weight excluding hydrogens is 348 g/mol. The van der Waals surface area contributed by atoms with Gasteiger partial charge in [-0.05, 0) is 41.1 Å². The normalized spacial score (nSPS) is 16.6. The molecule has 1 atom stereocenters. The lowest BCUT2D eigenvalue weighted by atomic mass is 9.91. The number of amides is 1. The van der Waals surface area contributed by atoms with Gasteiger partial charge in [0.2, 0.25) is 0 Å². The number of rotatable bonds is 7. The molecule has 0 saturated carbocycles. The second-order valence-electron chi connectivity index (χ2n) is 6.14. The van der Waals surface area contributed by atoms with E-state index in [0.29, 0.717) is 12.3 Å². The number of fused-ring (bicyclic) bond motifs is 1. The lowest BCUT2D eigenvalue weighted by Gasteiger charge is -2.37. The molecule has 1 aromatic carbocycles. The molecule has 2 heterocycles. The summed E-state index contributed by atoms with van der Waals surface area (Å²) in [7, 11) is 3.29. The van der Waals surface area contributed by atoms with Crippen molar-refractivity contribution in [1.29, 1.82) is 0 Å². The van der Waals surface area contributed by atoms with Crippen molar-refractivity contribution in [3.63, 3.8) is 0 Å². The van der Waals surface area contributed by atoms with Crippen molar-refractivity contribution in [3.8, 4) is 11.5 Å². The Morgan fingerprint density at radius 2 is 2.15 bits per heavy atom. The van der Waals surface area contributed by atoms with Crippen molar-refractivity contribution >= 4 is 17.2 Å². The summed E-state index contributed by atoms with van der Waals surface area (Å²) in [5.74, 6) is 1.41. The van der Waals surface area contributed by atoms with Crippen LogP contribution >= 0.6 is 11.3 Å². The van der Waals surface area contributed by atoms with Crippen LogP contribution in [0.1, 0.15) is 26.8 Å². The average molecular weight is 372 g/mol. The van der Waals surface area contributed by atoms with Gasteiger partial charge in [0.25, 0.3) is 5.91 Å². The number of thiophene rings is 1. The summed E-state index contributed by atoms with van der Waals surface area (Å²) in [5.41, 5.74) is 2.40. The Bertz CT molecular complexity index is 774. The first-order chi connectivity index (χ1) is 12.7. The summed E-state index contributed by atoms with van der Waals surface area (Å²) in [4.78, 5) is 15.4. The molecule has 1 aromatic heterocycles. The summed E-state index contributed by atoms with van der Waals surface area (Å²) in [5, 5.41) is 4.98. The maximum absolute atomic E-state index is 12.4. The van der Waals surface area contributed by atoms with Gasteiger partial charge in [-0.15, -0.1) is 17.9 Å². The van der Waals surface area contributed by atoms with Crippen molar-refractivity contribution in [1.82, 2.24) is 10.2 Å². The van der Waals surface area contributed by atoms with E-state index in [-0.39, 0.29) is 11.9 Å². The molecule has 1 amide bonds.